The molecule has 1 heteroatoms. The molecule has 0 aromatic heterocycles. The lowest BCUT2D eigenvalue weighted by molar-refractivity contribution is 0.0577. The minimum absolute atomic E-state index is 0.299. The smallest absolute Gasteiger partial charge is 0.0932 e. The second-order valence-corrected chi connectivity index (χ2v) is 4.25. The Kier molecular flexibility index (Phi) is 8.53. The lowest BCUT2D eigenvalue weighted by Crippen LogP contribution is -2.10. The van der Waals surface area contributed by atoms with Gasteiger partial charge in [-0.05, 0) is 18.8 Å². The van der Waals surface area contributed by atoms with Gasteiger partial charge in [0, 0.05) is 0 Å². The van der Waals surface area contributed by atoms with E-state index in [1.165, 1.54) is 19.3 Å². The molecule has 0 heterocycles. The maximum absolute atomic E-state index is 11.5. The van der Waals surface area contributed by atoms with Crippen LogP contribution in [0.15, 0.2) is 0 Å². The molecule has 0 aromatic carbocycles. The molecule has 0 aliphatic heterocycles. The third kappa shape index (κ3) is 8.29. The molecule has 0 amide bonds. The molecule has 2 unspecified atom stereocenters. The molecule has 0 aromatic rings. The summed E-state index contributed by atoms with van der Waals surface area (Å²) >= 11 is 0. The number of hydrogen-bond donors (Lipinski definition) is 0. The Labute approximate surface area is 83.5 Å². The third-order valence-corrected chi connectivity index (χ3v) is 2.60. The van der Waals surface area contributed by atoms with Crippen LogP contribution in [-0.2, 0) is 5.11 Å². The topological polar surface area (TPSA) is 19.9 Å². The predicted octanol–water partition coefficient (Wildman–Crippen LogP) is 4.19. The molecule has 2 atom stereocenters. The first-order chi connectivity index (χ1) is 6.20. The van der Waals surface area contributed by atoms with E-state index in [4.69, 9.17) is 0 Å². The molecule has 79 valence electrons. The highest BCUT2D eigenvalue weighted by Crippen LogP contribution is 2.17. The first-order valence-electron chi connectivity index (χ1n) is 5.86. The molecule has 0 fully saturated rings. The van der Waals surface area contributed by atoms with Crippen LogP contribution in [0.1, 0.15) is 65.7 Å². The molecule has 0 N–H and O–H groups in total. The largest absolute Gasteiger partial charge is 0.233 e. The SMILES string of the molecule is CCCCC(C)CC([O])CCCC. The minimum Gasteiger partial charge on any atom is -0.233 e. The van der Waals surface area contributed by atoms with E-state index in [0.717, 1.165) is 25.7 Å². The zero-order chi connectivity index (χ0) is 10.1. The molecule has 0 saturated heterocycles. The molecule has 0 rings (SSSR count). The van der Waals surface area contributed by atoms with Crippen LogP contribution in [0.25, 0.3) is 0 Å². The van der Waals surface area contributed by atoms with Gasteiger partial charge in [-0.1, -0.05) is 52.9 Å². The monoisotopic (exact) mass is 185 g/mol. The molecule has 0 bridgehead atoms. The zero-order valence-electron chi connectivity index (χ0n) is 9.51. The van der Waals surface area contributed by atoms with Crippen molar-refractivity contribution < 1.29 is 5.11 Å². The summed E-state index contributed by atoms with van der Waals surface area (Å²) in [4.78, 5) is 0. The zero-order valence-corrected chi connectivity index (χ0v) is 9.51. The van der Waals surface area contributed by atoms with Gasteiger partial charge in [-0.15, -0.1) is 0 Å². The molecule has 0 saturated carbocycles. The normalized spacial score (nSPS) is 15.7. The van der Waals surface area contributed by atoms with Gasteiger partial charge in [-0.25, -0.2) is 5.11 Å². The van der Waals surface area contributed by atoms with Gasteiger partial charge >= 0.3 is 0 Å². The van der Waals surface area contributed by atoms with Crippen molar-refractivity contribution >= 4 is 0 Å². The van der Waals surface area contributed by atoms with Gasteiger partial charge in [0.05, 0.1) is 6.10 Å². The Morgan fingerprint density at radius 3 is 2.08 bits per heavy atom. The van der Waals surface area contributed by atoms with Crippen molar-refractivity contribution in [3.8, 4) is 0 Å². The molecule has 1 nitrogen and oxygen atoms in total. The quantitative estimate of drug-likeness (QED) is 0.540. The Balaban J connectivity index is 3.35. The van der Waals surface area contributed by atoms with Crippen LogP contribution in [0.5, 0.6) is 0 Å². The van der Waals surface area contributed by atoms with E-state index in [1.54, 1.807) is 0 Å². The van der Waals surface area contributed by atoms with E-state index in [2.05, 4.69) is 20.8 Å². The molecule has 1 radical (unpaired) electrons. The van der Waals surface area contributed by atoms with E-state index in [-0.39, 0.29) is 6.10 Å². The van der Waals surface area contributed by atoms with Gasteiger partial charge in [0.1, 0.15) is 0 Å². The van der Waals surface area contributed by atoms with Gasteiger partial charge < -0.3 is 0 Å². The van der Waals surface area contributed by atoms with Crippen LogP contribution in [0, 0.1) is 5.92 Å². The fourth-order valence-corrected chi connectivity index (χ4v) is 1.67. The summed E-state index contributed by atoms with van der Waals surface area (Å²) in [6.07, 6.45) is 7.50. The first kappa shape index (κ1) is 13.0. The van der Waals surface area contributed by atoms with Crippen LogP contribution in [0.3, 0.4) is 0 Å². The molecule has 13 heavy (non-hydrogen) atoms. The van der Waals surface area contributed by atoms with E-state index in [1.807, 2.05) is 0 Å². The lowest BCUT2D eigenvalue weighted by Gasteiger charge is -2.13. The van der Waals surface area contributed by atoms with Gasteiger partial charge in [0.2, 0.25) is 0 Å². The Hall–Kier alpha value is -0.0400. The van der Waals surface area contributed by atoms with Gasteiger partial charge in [0.25, 0.3) is 0 Å². The van der Waals surface area contributed by atoms with Gasteiger partial charge in [-0.2, -0.15) is 0 Å². The summed E-state index contributed by atoms with van der Waals surface area (Å²) in [5.41, 5.74) is 0. The van der Waals surface area contributed by atoms with Crippen molar-refractivity contribution in [1.82, 2.24) is 0 Å². The Morgan fingerprint density at radius 2 is 1.54 bits per heavy atom. The highest BCUT2D eigenvalue weighted by Gasteiger charge is 2.10. The van der Waals surface area contributed by atoms with Crippen molar-refractivity contribution in [2.45, 2.75) is 71.8 Å². The molecular formula is C12H25O. The third-order valence-electron chi connectivity index (χ3n) is 2.60. The van der Waals surface area contributed by atoms with Crippen molar-refractivity contribution in [2.75, 3.05) is 0 Å². The predicted molar refractivity (Wildman–Crippen MR) is 57.3 cm³/mol. The highest BCUT2D eigenvalue weighted by molar-refractivity contribution is 4.61. The number of rotatable bonds is 8. The summed E-state index contributed by atoms with van der Waals surface area (Å²) in [6, 6.07) is 0. The summed E-state index contributed by atoms with van der Waals surface area (Å²) < 4.78 is 0. The van der Waals surface area contributed by atoms with Crippen LogP contribution in [0.2, 0.25) is 0 Å². The van der Waals surface area contributed by atoms with Gasteiger partial charge in [0.15, 0.2) is 0 Å². The summed E-state index contributed by atoms with van der Waals surface area (Å²) in [7, 11) is 0. The average molecular weight is 185 g/mol. The Morgan fingerprint density at radius 1 is 1.00 bits per heavy atom. The molecule has 0 aliphatic rings. The van der Waals surface area contributed by atoms with E-state index < -0.39 is 0 Å². The number of hydrogen-bond acceptors (Lipinski definition) is 0. The molecule has 0 spiro atoms. The minimum atomic E-state index is -0.299. The van der Waals surface area contributed by atoms with Crippen LogP contribution < -0.4 is 0 Å². The maximum atomic E-state index is 11.5. The second-order valence-electron chi connectivity index (χ2n) is 4.25. The average Bonchev–Trinajstić information content (AvgIpc) is 2.11. The van der Waals surface area contributed by atoms with Crippen molar-refractivity contribution in [2.24, 2.45) is 5.92 Å². The number of unbranched alkanes of at least 4 members (excludes halogenated alkanes) is 2. The van der Waals surface area contributed by atoms with Crippen LogP contribution in [-0.4, -0.2) is 6.10 Å². The van der Waals surface area contributed by atoms with Crippen molar-refractivity contribution in [3.05, 3.63) is 0 Å². The summed E-state index contributed by atoms with van der Waals surface area (Å²) in [5.74, 6) is 0.638. The van der Waals surface area contributed by atoms with E-state index in [0.29, 0.717) is 5.92 Å². The van der Waals surface area contributed by atoms with Crippen molar-refractivity contribution in [3.63, 3.8) is 0 Å². The fraction of sp³-hybridized carbons (Fsp3) is 1.00. The Bertz CT molecular complexity index is 89.3. The second kappa shape index (κ2) is 8.55. The summed E-state index contributed by atoms with van der Waals surface area (Å²) in [6.45, 7) is 6.57. The van der Waals surface area contributed by atoms with E-state index >= 15 is 0 Å². The highest BCUT2D eigenvalue weighted by atomic mass is 16.3. The standard InChI is InChI=1S/C12H25O/c1-4-6-8-11(3)10-12(13)9-7-5-2/h11-12H,4-10H2,1-3H3. The van der Waals surface area contributed by atoms with E-state index in [9.17, 15) is 5.11 Å². The molecule has 0 aliphatic carbocycles. The van der Waals surface area contributed by atoms with Crippen molar-refractivity contribution in [1.29, 1.82) is 0 Å². The fourth-order valence-electron chi connectivity index (χ4n) is 1.67. The maximum Gasteiger partial charge on any atom is 0.0932 e. The van der Waals surface area contributed by atoms with Crippen LogP contribution in [0.4, 0.5) is 0 Å². The first-order valence-corrected chi connectivity index (χ1v) is 5.86. The lowest BCUT2D eigenvalue weighted by atomic mass is 9.95. The molecular weight excluding hydrogens is 160 g/mol. The van der Waals surface area contributed by atoms with Crippen LogP contribution >= 0.6 is 0 Å². The van der Waals surface area contributed by atoms with Gasteiger partial charge in [-0.3, -0.25) is 0 Å². The summed E-state index contributed by atoms with van der Waals surface area (Å²) in [5, 5.41) is 11.5.